The van der Waals surface area contributed by atoms with Crippen molar-refractivity contribution in [3.63, 3.8) is 0 Å². The lowest BCUT2D eigenvalue weighted by atomic mass is 10.1. The van der Waals surface area contributed by atoms with Crippen LogP contribution in [-0.2, 0) is 14.3 Å². The van der Waals surface area contributed by atoms with E-state index < -0.39 is 6.04 Å². The molecule has 0 aliphatic carbocycles. The van der Waals surface area contributed by atoms with Gasteiger partial charge in [-0.05, 0) is 37.1 Å². The Balaban J connectivity index is 1.55. The summed E-state index contributed by atoms with van der Waals surface area (Å²) in [4.78, 5) is 41.0. The smallest absolute Gasteiger partial charge is 0.245 e. The minimum absolute atomic E-state index is 0.00294. The van der Waals surface area contributed by atoms with Crippen LogP contribution in [0, 0.1) is 0 Å². The van der Waals surface area contributed by atoms with Crippen molar-refractivity contribution in [2.45, 2.75) is 31.7 Å². The van der Waals surface area contributed by atoms with E-state index in [0.717, 1.165) is 6.42 Å². The molecule has 1 atom stereocenters. The number of carbonyl (C=O) groups is 3. The molecule has 7 heteroatoms. The molecule has 26 heavy (non-hydrogen) atoms. The standard InChI is InChI=1S/C19H23ClN2O4/c20-15-5-3-14(4-6-15)17(23)7-8-18(24)22-9-1-2-16(22)19(25)21-10-12-26-13-11-21/h3-6,16H,1-2,7-13H2/t16-/m1/s1. The quantitative estimate of drug-likeness (QED) is 0.736. The number of hydrogen-bond donors (Lipinski definition) is 0. The molecule has 0 saturated carbocycles. The summed E-state index contributed by atoms with van der Waals surface area (Å²) in [5.41, 5.74) is 0.546. The van der Waals surface area contributed by atoms with Crippen LogP contribution in [0.2, 0.25) is 5.02 Å². The summed E-state index contributed by atoms with van der Waals surface area (Å²) in [6, 6.07) is 6.25. The first-order chi connectivity index (χ1) is 12.6. The summed E-state index contributed by atoms with van der Waals surface area (Å²) in [5.74, 6) is -0.218. The summed E-state index contributed by atoms with van der Waals surface area (Å²) in [7, 11) is 0. The zero-order chi connectivity index (χ0) is 18.5. The summed E-state index contributed by atoms with van der Waals surface area (Å²) < 4.78 is 5.28. The van der Waals surface area contributed by atoms with Gasteiger partial charge in [0.2, 0.25) is 11.8 Å². The average molecular weight is 379 g/mol. The Morgan fingerprint density at radius 3 is 2.42 bits per heavy atom. The van der Waals surface area contributed by atoms with Crippen LogP contribution >= 0.6 is 11.6 Å². The Hall–Kier alpha value is -1.92. The van der Waals surface area contributed by atoms with Crippen LogP contribution in [0.3, 0.4) is 0 Å². The number of rotatable bonds is 5. The van der Waals surface area contributed by atoms with E-state index >= 15 is 0 Å². The molecule has 1 aromatic carbocycles. The zero-order valence-electron chi connectivity index (χ0n) is 14.7. The molecule has 3 rings (SSSR count). The molecule has 0 N–H and O–H groups in total. The third-order valence-electron chi connectivity index (χ3n) is 4.91. The van der Waals surface area contributed by atoms with E-state index in [4.69, 9.17) is 16.3 Å². The topological polar surface area (TPSA) is 66.9 Å². The molecular weight excluding hydrogens is 356 g/mol. The third-order valence-corrected chi connectivity index (χ3v) is 5.17. The zero-order valence-corrected chi connectivity index (χ0v) is 15.4. The molecule has 2 amide bonds. The highest BCUT2D eigenvalue weighted by Gasteiger charge is 2.36. The van der Waals surface area contributed by atoms with Gasteiger partial charge in [0.25, 0.3) is 0 Å². The molecule has 2 heterocycles. The summed E-state index contributed by atoms with van der Waals surface area (Å²) in [6.45, 7) is 2.82. The SMILES string of the molecule is O=C(CCC(=O)N1CCC[C@@H]1C(=O)N1CCOCC1)c1ccc(Cl)cc1. The monoisotopic (exact) mass is 378 g/mol. The predicted octanol–water partition coefficient (Wildman–Crippen LogP) is 2.15. The Bertz CT molecular complexity index is 671. The Labute approximate surface area is 158 Å². The molecule has 2 fully saturated rings. The number of ether oxygens (including phenoxy) is 1. The molecule has 0 radical (unpaired) electrons. The number of morpholine rings is 1. The maximum atomic E-state index is 12.7. The van der Waals surface area contributed by atoms with E-state index in [1.165, 1.54) is 0 Å². The van der Waals surface area contributed by atoms with Crippen LogP contribution in [0.25, 0.3) is 0 Å². The Morgan fingerprint density at radius 2 is 1.73 bits per heavy atom. The van der Waals surface area contributed by atoms with Crippen molar-refractivity contribution in [3.8, 4) is 0 Å². The van der Waals surface area contributed by atoms with Crippen LogP contribution in [0.1, 0.15) is 36.0 Å². The van der Waals surface area contributed by atoms with Gasteiger partial charge in [-0.2, -0.15) is 0 Å². The van der Waals surface area contributed by atoms with Crippen molar-refractivity contribution in [2.75, 3.05) is 32.8 Å². The fraction of sp³-hybridized carbons (Fsp3) is 0.526. The van der Waals surface area contributed by atoms with Gasteiger partial charge in [0, 0.05) is 43.1 Å². The Morgan fingerprint density at radius 1 is 1.04 bits per heavy atom. The molecule has 6 nitrogen and oxygen atoms in total. The molecule has 1 aromatic rings. The van der Waals surface area contributed by atoms with E-state index in [-0.39, 0.29) is 30.4 Å². The molecule has 0 aromatic heterocycles. The number of benzene rings is 1. The molecule has 0 spiro atoms. The normalized spacial score (nSPS) is 20.3. The van der Waals surface area contributed by atoms with Crippen molar-refractivity contribution < 1.29 is 19.1 Å². The van der Waals surface area contributed by atoms with Gasteiger partial charge in [0.05, 0.1) is 13.2 Å². The highest BCUT2D eigenvalue weighted by Crippen LogP contribution is 2.22. The molecule has 2 saturated heterocycles. The number of hydrogen-bond acceptors (Lipinski definition) is 4. The Kier molecular flexibility index (Phi) is 6.27. The van der Waals surface area contributed by atoms with Gasteiger partial charge in [0.15, 0.2) is 5.78 Å². The summed E-state index contributed by atoms with van der Waals surface area (Å²) >= 11 is 5.82. The van der Waals surface area contributed by atoms with Crippen molar-refractivity contribution in [1.82, 2.24) is 9.80 Å². The highest BCUT2D eigenvalue weighted by atomic mass is 35.5. The second-order valence-electron chi connectivity index (χ2n) is 6.61. The van der Waals surface area contributed by atoms with Crippen molar-refractivity contribution >= 4 is 29.2 Å². The van der Waals surface area contributed by atoms with Crippen LogP contribution < -0.4 is 0 Å². The second kappa shape index (κ2) is 8.64. The van der Waals surface area contributed by atoms with Gasteiger partial charge in [-0.1, -0.05) is 11.6 Å². The van der Waals surface area contributed by atoms with Gasteiger partial charge in [-0.15, -0.1) is 0 Å². The molecule has 2 aliphatic heterocycles. The van der Waals surface area contributed by atoms with Crippen molar-refractivity contribution in [3.05, 3.63) is 34.9 Å². The number of likely N-dealkylation sites (tertiary alicyclic amines) is 1. The number of carbonyl (C=O) groups excluding carboxylic acids is 3. The van der Waals surface area contributed by atoms with E-state index in [1.807, 2.05) is 0 Å². The van der Waals surface area contributed by atoms with Gasteiger partial charge >= 0.3 is 0 Å². The van der Waals surface area contributed by atoms with Gasteiger partial charge in [-0.25, -0.2) is 0 Å². The molecule has 0 unspecified atom stereocenters. The predicted molar refractivity (Wildman–Crippen MR) is 97.2 cm³/mol. The van der Waals surface area contributed by atoms with Crippen LogP contribution in [-0.4, -0.2) is 66.3 Å². The fourth-order valence-corrected chi connectivity index (χ4v) is 3.59. The lowest BCUT2D eigenvalue weighted by molar-refractivity contribution is -0.146. The van der Waals surface area contributed by atoms with E-state index in [2.05, 4.69) is 0 Å². The van der Waals surface area contributed by atoms with E-state index in [0.29, 0.717) is 49.9 Å². The van der Waals surface area contributed by atoms with Gasteiger partial charge in [-0.3, -0.25) is 14.4 Å². The summed E-state index contributed by atoms with van der Waals surface area (Å²) in [6.07, 6.45) is 1.76. The number of amides is 2. The molecule has 140 valence electrons. The number of Topliss-reactive ketones (excluding diaryl/α,β-unsaturated/α-hetero) is 1. The minimum atomic E-state index is -0.397. The molecular formula is C19H23ClN2O4. The maximum absolute atomic E-state index is 12.7. The second-order valence-corrected chi connectivity index (χ2v) is 7.05. The lowest BCUT2D eigenvalue weighted by Crippen LogP contribution is -2.51. The van der Waals surface area contributed by atoms with Crippen molar-refractivity contribution in [1.29, 1.82) is 0 Å². The number of nitrogens with zero attached hydrogens (tertiary/aromatic N) is 2. The van der Waals surface area contributed by atoms with Crippen molar-refractivity contribution in [2.24, 2.45) is 0 Å². The maximum Gasteiger partial charge on any atom is 0.245 e. The summed E-state index contributed by atoms with van der Waals surface area (Å²) in [5, 5.41) is 0.569. The molecule has 0 bridgehead atoms. The third kappa shape index (κ3) is 4.43. The lowest BCUT2D eigenvalue weighted by Gasteiger charge is -2.32. The van der Waals surface area contributed by atoms with Gasteiger partial charge < -0.3 is 14.5 Å². The van der Waals surface area contributed by atoms with E-state index in [9.17, 15) is 14.4 Å². The van der Waals surface area contributed by atoms with Crippen LogP contribution in [0.4, 0.5) is 0 Å². The largest absolute Gasteiger partial charge is 0.378 e. The van der Waals surface area contributed by atoms with E-state index in [1.54, 1.807) is 34.1 Å². The van der Waals surface area contributed by atoms with Crippen LogP contribution in [0.15, 0.2) is 24.3 Å². The number of ketones is 1. The van der Waals surface area contributed by atoms with Crippen LogP contribution in [0.5, 0.6) is 0 Å². The fourth-order valence-electron chi connectivity index (χ4n) is 3.46. The van der Waals surface area contributed by atoms with Gasteiger partial charge in [0.1, 0.15) is 6.04 Å². The average Bonchev–Trinajstić information content (AvgIpc) is 3.16. The highest BCUT2D eigenvalue weighted by molar-refractivity contribution is 6.30. The molecule has 2 aliphatic rings. The first-order valence-corrected chi connectivity index (χ1v) is 9.39. The minimum Gasteiger partial charge on any atom is -0.378 e. The first kappa shape index (κ1) is 18.9. The number of halogens is 1. The first-order valence-electron chi connectivity index (χ1n) is 9.01.